The summed E-state index contributed by atoms with van der Waals surface area (Å²) in [6.07, 6.45) is 3.81. The lowest BCUT2D eigenvalue weighted by molar-refractivity contribution is -0.141. The van der Waals surface area contributed by atoms with E-state index in [4.69, 9.17) is 0 Å². The molecular formula is C12H14N2O3S. The highest BCUT2D eigenvalue weighted by Crippen LogP contribution is 2.32. The van der Waals surface area contributed by atoms with Gasteiger partial charge in [0.1, 0.15) is 6.04 Å². The van der Waals surface area contributed by atoms with Gasteiger partial charge in [-0.2, -0.15) is 0 Å². The molecule has 0 aliphatic carbocycles. The first kappa shape index (κ1) is 12.9. The molecule has 2 atom stereocenters. The zero-order valence-electron chi connectivity index (χ0n) is 9.94. The Balaban J connectivity index is 2.28. The van der Waals surface area contributed by atoms with Crippen LogP contribution >= 0.6 is 11.8 Å². The lowest BCUT2D eigenvalue weighted by Gasteiger charge is -2.26. The van der Waals surface area contributed by atoms with E-state index in [0.717, 1.165) is 6.42 Å². The van der Waals surface area contributed by atoms with Crippen LogP contribution < -0.4 is 0 Å². The number of rotatable bonds is 3. The first-order valence-electron chi connectivity index (χ1n) is 5.72. The summed E-state index contributed by atoms with van der Waals surface area (Å²) in [4.78, 5) is 28.9. The number of thioether (sulfide) groups is 1. The van der Waals surface area contributed by atoms with Crippen LogP contribution in [0.25, 0.3) is 0 Å². The van der Waals surface area contributed by atoms with Crippen LogP contribution in [0.2, 0.25) is 0 Å². The number of carboxylic acid groups (broad SMARTS) is 1. The molecule has 0 saturated carbocycles. The van der Waals surface area contributed by atoms with E-state index < -0.39 is 12.0 Å². The van der Waals surface area contributed by atoms with Gasteiger partial charge in [0, 0.05) is 23.7 Å². The summed E-state index contributed by atoms with van der Waals surface area (Å²) in [7, 11) is 0. The SMILES string of the molecule is CCC1SCC(C(=O)O)N1C(=O)c1ccncc1. The van der Waals surface area contributed by atoms with E-state index in [0.29, 0.717) is 11.3 Å². The number of pyridine rings is 1. The van der Waals surface area contributed by atoms with E-state index in [1.165, 1.54) is 29.1 Å². The number of carbonyl (C=O) groups excluding carboxylic acids is 1. The maximum absolute atomic E-state index is 12.4. The normalized spacial score (nSPS) is 23.1. The standard InChI is InChI=1S/C12H14N2O3S/c1-2-10-14(9(7-18-10)12(16)17)11(15)8-3-5-13-6-4-8/h3-6,9-10H,2,7H2,1H3,(H,16,17). The number of hydrogen-bond donors (Lipinski definition) is 1. The van der Waals surface area contributed by atoms with Gasteiger partial charge >= 0.3 is 5.97 Å². The fraction of sp³-hybridized carbons (Fsp3) is 0.417. The molecule has 2 heterocycles. The molecule has 1 amide bonds. The van der Waals surface area contributed by atoms with Crippen molar-refractivity contribution in [3.05, 3.63) is 30.1 Å². The predicted octanol–water partition coefficient (Wildman–Crippen LogP) is 1.46. The molecule has 1 aromatic heterocycles. The Bertz CT molecular complexity index is 452. The topological polar surface area (TPSA) is 70.5 Å². The number of aromatic nitrogens is 1. The van der Waals surface area contributed by atoms with Gasteiger partial charge in [-0.15, -0.1) is 11.8 Å². The summed E-state index contributed by atoms with van der Waals surface area (Å²) in [5, 5.41) is 9.11. The lowest BCUT2D eigenvalue weighted by Crippen LogP contribution is -2.45. The Morgan fingerprint density at radius 2 is 2.17 bits per heavy atom. The molecule has 1 aliphatic heterocycles. The van der Waals surface area contributed by atoms with Crippen molar-refractivity contribution in [2.24, 2.45) is 0 Å². The number of amides is 1. The second kappa shape index (κ2) is 5.39. The first-order valence-corrected chi connectivity index (χ1v) is 6.77. The molecule has 0 radical (unpaired) electrons. The zero-order valence-corrected chi connectivity index (χ0v) is 10.8. The number of aliphatic carboxylic acids is 1. The molecule has 6 heteroatoms. The summed E-state index contributed by atoms with van der Waals surface area (Å²) in [6, 6.07) is 2.48. The molecule has 1 saturated heterocycles. The molecule has 0 bridgehead atoms. The van der Waals surface area contributed by atoms with Crippen LogP contribution in [0, 0.1) is 0 Å². The van der Waals surface area contributed by atoms with E-state index in [9.17, 15) is 14.7 Å². The zero-order chi connectivity index (χ0) is 13.1. The predicted molar refractivity (Wildman–Crippen MR) is 68.4 cm³/mol. The minimum atomic E-state index is -0.944. The molecule has 1 N–H and O–H groups in total. The molecule has 1 aromatic rings. The number of nitrogens with zero attached hydrogens (tertiary/aromatic N) is 2. The van der Waals surface area contributed by atoms with Crippen LogP contribution in [0.4, 0.5) is 0 Å². The van der Waals surface area contributed by atoms with Gasteiger partial charge in [0.2, 0.25) is 0 Å². The molecule has 96 valence electrons. The summed E-state index contributed by atoms with van der Waals surface area (Å²) in [5.74, 6) is -0.729. The second-order valence-corrected chi connectivity index (χ2v) is 5.21. The van der Waals surface area contributed by atoms with Crippen molar-refractivity contribution < 1.29 is 14.7 Å². The molecule has 2 unspecified atom stereocenters. The van der Waals surface area contributed by atoms with Crippen LogP contribution in [0.1, 0.15) is 23.7 Å². The minimum Gasteiger partial charge on any atom is -0.480 e. The quantitative estimate of drug-likeness (QED) is 0.897. The van der Waals surface area contributed by atoms with Gasteiger partial charge in [0.15, 0.2) is 0 Å². The lowest BCUT2D eigenvalue weighted by atomic mass is 10.2. The van der Waals surface area contributed by atoms with Crippen LogP contribution in [0.15, 0.2) is 24.5 Å². The highest BCUT2D eigenvalue weighted by Gasteiger charge is 2.40. The molecule has 1 aliphatic rings. The molecule has 0 spiro atoms. The molecule has 18 heavy (non-hydrogen) atoms. The van der Waals surface area contributed by atoms with Crippen molar-refractivity contribution in [2.45, 2.75) is 24.8 Å². The van der Waals surface area contributed by atoms with Crippen molar-refractivity contribution in [1.29, 1.82) is 0 Å². The van der Waals surface area contributed by atoms with Gasteiger partial charge in [-0.3, -0.25) is 9.78 Å². The Morgan fingerprint density at radius 1 is 1.50 bits per heavy atom. The van der Waals surface area contributed by atoms with Crippen molar-refractivity contribution >= 4 is 23.6 Å². The highest BCUT2D eigenvalue weighted by molar-refractivity contribution is 8.00. The van der Waals surface area contributed by atoms with Crippen LogP contribution in [0.5, 0.6) is 0 Å². The number of carboxylic acids is 1. The van der Waals surface area contributed by atoms with E-state index in [1.807, 2.05) is 6.92 Å². The maximum Gasteiger partial charge on any atom is 0.327 e. The fourth-order valence-corrected chi connectivity index (χ4v) is 3.33. The largest absolute Gasteiger partial charge is 0.480 e. The van der Waals surface area contributed by atoms with Gasteiger partial charge in [-0.05, 0) is 18.6 Å². The number of hydrogen-bond acceptors (Lipinski definition) is 4. The average molecular weight is 266 g/mol. The third-order valence-electron chi connectivity index (χ3n) is 2.89. The minimum absolute atomic E-state index is 0.0632. The Morgan fingerprint density at radius 3 is 2.72 bits per heavy atom. The highest BCUT2D eigenvalue weighted by atomic mass is 32.2. The van der Waals surface area contributed by atoms with Crippen molar-refractivity contribution in [2.75, 3.05) is 5.75 Å². The monoisotopic (exact) mass is 266 g/mol. The Labute approximate surface area is 109 Å². The summed E-state index contributed by atoms with van der Waals surface area (Å²) in [6.45, 7) is 1.95. The van der Waals surface area contributed by atoms with Crippen LogP contribution in [-0.4, -0.2) is 44.0 Å². The van der Waals surface area contributed by atoms with E-state index in [1.54, 1.807) is 12.1 Å². The third kappa shape index (κ3) is 2.33. The van der Waals surface area contributed by atoms with Gasteiger partial charge in [-0.1, -0.05) is 6.92 Å². The van der Waals surface area contributed by atoms with Gasteiger partial charge < -0.3 is 10.0 Å². The van der Waals surface area contributed by atoms with Crippen molar-refractivity contribution in [1.82, 2.24) is 9.88 Å². The van der Waals surface area contributed by atoms with E-state index in [-0.39, 0.29) is 11.3 Å². The fourth-order valence-electron chi connectivity index (χ4n) is 1.98. The van der Waals surface area contributed by atoms with Crippen LogP contribution in [0.3, 0.4) is 0 Å². The average Bonchev–Trinajstić information content (AvgIpc) is 2.82. The summed E-state index contributed by atoms with van der Waals surface area (Å²) >= 11 is 1.52. The molecule has 2 rings (SSSR count). The molecule has 5 nitrogen and oxygen atoms in total. The second-order valence-electron chi connectivity index (χ2n) is 4.00. The van der Waals surface area contributed by atoms with Gasteiger partial charge in [0.05, 0.1) is 5.37 Å². The number of carbonyl (C=O) groups is 2. The Kier molecular flexibility index (Phi) is 3.86. The van der Waals surface area contributed by atoms with E-state index in [2.05, 4.69) is 4.98 Å². The maximum atomic E-state index is 12.4. The van der Waals surface area contributed by atoms with Crippen molar-refractivity contribution in [3.63, 3.8) is 0 Å². The van der Waals surface area contributed by atoms with E-state index >= 15 is 0 Å². The summed E-state index contributed by atoms with van der Waals surface area (Å²) in [5.41, 5.74) is 0.484. The molecule has 1 fully saturated rings. The third-order valence-corrected chi connectivity index (χ3v) is 4.34. The van der Waals surface area contributed by atoms with Gasteiger partial charge in [-0.25, -0.2) is 4.79 Å². The first-order chi connectivity index (χ1) is 8.65. The van der Waals surface area contributed by atoms with Gasteiger partial charge in [0.25, 0.3) is 5.91 Å². The van der Waals surface area contributed by atoms with Crippen LogP contribution in [-0.2, 0) is 4.79 Å². The molecular weight excluding hydrogens is 252 g/mol. The smallest absolute Gasteiger partial charge is 0.327 e. The summed E-state index contributed by atoms with van der Waals surface area (Å²) < 4.78 is 0. The molecule has 0 aromatic carbocycles. The van der Waals surface area contributed by atoms with Crippen molar-refractivity contribution in [3.8, 4) is 0 Å². The Hall–Kier alpha value is -1.56.